The van der Waals surface area contributed by atoms with E-state index in [-0.39, 0.29) is 16.0 Å². The third kappa shape index (κ3) is 10.7. The van der Waals surface area contributed by atoms with E-state index in [0.29, 0.717) is 6.42 Å². The number of ketones is 2. The Morgan fingerprint density at radius 3 is 1.45 bits per heavy atom. The molecule has 29 heavy (non-hydrogen) atoms. The van der Waals surface area contributed by atoms with Crippen LogP contribution in [0.4, 0.5) is 0 Å². The molecule has 1 rings (SSSR count). The summed E-state index contributed by atoms with van der Waals surface area (Å²) in [6.07, 6.45) is 21.8. The highest BCUT2D eigenvalue weighted by Gasteiger charge is 2.40. The summed E-state index contributed by atoms with van der Waals surface area (Å²) in [5.41, 5.74) is 0. The zero-order valence-corrected chi connectivity index (χ0v) is 20.4. The maximum atomic E-state index is 11.8. The van der Waals surface area contributed by atoms with Crippen LogP contribution in [0.1, 0.15) is 116 Å². The third-order valence-corrected chi connectivity index (χ3v) is 7.37. The van der Waals surface area contributed by atoms with Gasteiger partial charge in [0.2, 0.25) is 11.6 Å². The Labute approximate surface area is 193 Å². The number of allylic oxidation sites excluding steroid dienone is 2. The van der Waals surface area contributed by atoms with Gasteiger partial charge in [0.05, 0.1) is 0 Å². The van der Waals surface area contributed by atoms with Gasteiger partial charge in [-0.3, -0.25) is 9.59 Å². The van der Waals surface area contributed by atoms with Gasteiger partial charge >= 0.3 is 0 Å². The molecule has 2 nitrogen and oxygen atoms in total. The van der Waals surface area contributed by atoms with E-state index in [2.05, 4.69) is 6.92 Å². The highest BCUT2D eigenvalue weighted by Crippen LogP contribution is 2.37. The molecular formula is C24H39Cl3O2. The quantitative estimate of drug-likeness (QED) is 0.122. The first-order chi connectivity index (χ1) is 14.0. The van der Waals surface area contributed by atoms with Gasteiger partial charge in [-0.05, 0) is 6.42 Å². The van der Waals surface area contributed by atoms with Crippen LogP contribution in [0.5, 0.6) is 0 Å². The third-order valence-electron chi connectivity index (χ3n) is 5.93. The van der Waals surface area contributed by atoms with Crippen molar-refractivity contribution in [3.63, 3.8) is 0 Å². The molecule has 2 atom stereocenters. The number of unbranched alkanes of at least 4 members (excludes halogenated alkanes) is 15. The van der Waals surface area contributed by atoms with Gasteiger partial charge in [0, 0.05) is 11.0 Å². The van der Waals surface area contributed by atoms with Gasteiger partial charge in [-0.2, -0.15) is 0 Å². The zero-order chi connectivity index (χ0) is 21.5. The summed E-state index contributed by atoms with van der Waals surface area (Å²) in [5.74, 6) is -1.69. The number of carbonyl (C=O) groups excluding carboxylic acids is 2. The predicted molar refractivity (Wildman–Crippen MR) is 126 cm³/mol. The molecule has 0 N–H and O–H groups in total. The smallest absolute Gasteiger partial charge is 0.242 e. The fourth-order valence-electron chi connectivity index (χ4n) is 4.00. The Kier molecular flexibility index (Phi) is 15.5. The summed E-state index contributed by atoms with van der Waals surface area (Å²) in [7, 11) is 0. The van der Waals surface area contributed by atoms with E-state index < -0.39 is 16.9 Å². The second-order valence-corrected chi connectivity index (χ2v) is 9.71. The van der Waals surface area contributed by atoms with Gasteiger partial charge in [-0.15, -0.1) is 11.6 Å². The molecule has 0 fully saturated rings. The predicted octanol–water partition coefficient (Wildman–Crippen LogP) is 8.70. The van der Waals surface area contributed by atoms with E-state index in [0.717, 1.165) is 12.8 Å². The number of alkyl halides is 1. The second-order valence-electron chi connectivity index (χ2n) is 8.46. The highest BCUT2D eigenvalue weighted by molar-refractivity contribution is 6.65. The minimum atomic E-state index is -0.867. The molecule has 0 heterocycles. The van der Waals surface area contributed by atoms with Crippen LogP contribution in [0.25, 0.3) is 0 Å². The first kappa shape index (κ1) is 27.0. The van der Waals surface area contributed by atoms with E-state index in [1.165, 1.54) is 89.9 Å². The number of Topliss-reactive ketones (excluding diaryl/α,β-unsaturated/α-hetero) is 2. The van der Waals surface area contributed by atoms with Crippen LogP contribution in [0.2, 0.25) is 0 Å². The van der Waals surface area contributed by atoms with Crippen molar-refractivity contribution in [3.8, 4) is 0 Å². The van der Waals surface area contributed by atoms with E-state index in [9.17, 15) is 9.59 Å². The number of hydrogen-bond donors (Lipinski definition) is 0. The first-order valence-electron chi connectivity index (χ1n) is 11.8. The van der Waals surface area contributed by atoms with Crippen LogP contribution in [0, 0.1) is 5.92 Å². The van der Waals surface area contributed by atoms with Crippen molar-refractivity contribution in [2.24, 2.45) is 5.92 Å². The summed E-state index contributed by atoms with van der Waals surface area (Å²) >= 11 is 18.1. The van der Waals surface area contributed by atoms with E-state index in [4.69, 9.17) is 34.8 Å². The fourth-order valence-corrected chi connectivity index (χ4v) is 4.97. The molecule has 168 valence electrons. The molecule has 0 aromatic heterocycles. The first-order valence-corrected chi connectivity index (χ1v) is 13.0. The van der Waals surface area contributed by atoms with Crippen molar-refractivity contribution in [1.29, 1.82) is 0 Å². The number of carbonyl (C=O) groups is 2. The molecule has 0 saturated carbocycles. The zero-order valence-electron chi connectivity index (χ0n) is 18.1. The van der Waals surface area contributed by atoms with E-state index >= 15 is 0 Å². The molecular weight excluding hydrogens is 427 g/mol. The van der Waals surface area contributed by atoms with Crippen LogP contribution in [-0.2, 0) is 9.59 Å². The molecule has 0 aromatic carbocycles. The van der Waals surface area contributed by atoms with Gasteiger partial charge in [0.15, 0.2) is 0 Å². The number of hydrogen-bond acceptors (Lipinski definition) is 2. The Hall–Kier alpha value is -0.0500. The summed E-state index contributed by atoms with van der Waals surface area (Å²) in [5, 5.41) is -0.749. The van der Waals surface area contributed by atoms with Crippen LogP contribution in [0.3, 0.4) is 0 Å². The topological polar surface area (TPSA) is 34.1 Å². The van der Waals surface area contributed by atoms with Gasteiger partial charge in [-0.1, -0.05) is 133 Å². The van der Waals surface area contributed by atoms with Crippen molar-refractivity contribution in [2.45, 2.75) is 121 Å². The maximum absolute atomic E-state index is 11.8. The molecule has 0 bridgehead atoms. The van der Waals surface area contributed by atoms with Gasteiger partial charge in [0.1, 0.15) is 10.4 Å². The molecule has 0 spiro atoms. The Morgan fingerprint density at radius 1 is 0.655 bits per heavy atom. The lowest BCUT2D eigenvalue weighted by Crippen LogP contribution is -2.36. The van der Waals surface area contributed by atoms with Crippen LogP contribution >= 0.6 is 34.8 Å². The average Bonchev–Trinajstić information content (AvgIpc) is 2.72. The average molecular weight is 466 g/mol. The molecule has 0 radical (unpaired) electrons. The van der Waals surface area contributed by atoms with Gasteiger partial charge in [0.25, 0.3) is 0 Å². The molecule has 1 aliphatic carbocycles. The lowest BCUT2D eigenvalue weighted by molar-refractivity contribution is -0.134. The monoisotopic (exact) mass is 464 g/mol. The molecule has 1 aliphatic rings. The Balaban J connectivity index is 1.94. The number of rotatable bonds is 17. The summed E-state index contributed by atoms with van der Waals surface area (Å²) in [6, 6.07) is 0. The minimum Gasteiger partial charge on any atom is -0.289 e. The van der Waals surface area contributed by atoms with E-state index in [1.54, 1.807) is 0 Å². The van der Waals surface area contributed by atoms with Crippen LogP contribution < -0.4 is 0 Å². The van der Waals surface area contributed by atoms with Crippen LogP contribution in [0.15, 0.2) is 10.1 Å². The summed E-state index contributed by atoms with van der Waals surface area (Å²) < 4.78 is 0. The molecule has 5 heteroatoms. The number of halogens is 3. The highest BCUT2D eigenvalue weighted by atomic mass is 35.5. The molecule has 0 saturated heterocycles. The summed E-state index contributed by atoms with van der Waals surface area (Å²) in [6.45, 7) is 2.27. The largest absolute Gasteiger partial charge is 0.289 e. The van der Waals surface area contributed by atoms with Crippen molar-refractivity contribution in [2.75, 3.05) is 0 Å². The Bertz CT molecular complexity index is 516. The van der Waals surface area contributed by atoms with Crippen molar-refractivity contribution in [1.82, 2.24) is 0 Å². The molecule has 0 amide bonds. The molecule has 0 unspecified atom stereocenters. The van der Waals surface area contributed by atoms with Crippen molar-refractivity contribution >= 4 is 46.4 Å². The Morgan fingerprint density at radius 2 is 1.03 bits per heavy atom. The fraction of sp³-hybridized carbons (Fsp3) is 0.833. The second kappa shape index (κ2) is 16.6. The van der Waals surface area contributed by atoms with Crippen LogP contribution in [-0.4, -0.2) is 16.9 Å². The van der Waals surface area contributed by atoms with Gasteiger partial charge < -0.3 is 0 Å². The maximum Gasteiger partial charge on any atom is 0.242 e. The summed E-state index contributed by atoms with van der Waals surface area (Å²) in [4.78, 5) is 23.4. The van der Waals surface area contributed by atoms with Crippen molar-refractivity contribution < 1.29 is 9.59 Å². The molecule has 0 aromatic rings. The van der Waals surface area contributed by atoms with Crippen molar-refractivity contribution in [3.05, 3.63) is 10.1 Å². The SMILES string of the molecule is CCCCCCCCCCCCCCCCCC[C@@H]1C(Cl)=C(Cl)C(=O)C(=O)[C@@H]1Cl. The normalized spacial score (nSPS) is 20.0. The standard InChI is InChI=1S/C24H39Cl3O2/c1-2-3-4-5-6-7-8-9-10-11-12-13-14-15-16-17-18-19-20(25)22(27)24(29)23(28)21(19)26/h19,21H,2-18H2,1H3/t19-,21-/m1/s1. The lowest BCUT2D eigenvalue weighted by atomic mass is 9.88. The molecule has 0 aliphatic heterocycles. The lowest BCUT2D eigenvalue weighted by Gasteiger charge is -2.25. The minimum absolute atomic E-state index is 0.143. The van der Waals surface area contributed by atoms with E-state index in [1.807, 2.05) is 0 Å². The van der Waals surface area contributed by atoms with Gasteiger partial charge in [-0.25, -0.2) is 0 Å².